The van der Waals surface area contributed by atoms with Crippen molar-refractivity contribution in [2.75, 3.05) is 13.1 Å². The van der Waals surface area contributed by atoms with E-state index in [1.165, 1.54) is 35.0 Å². The van der Waals surface area contributed by atoms with Gasteiger partial charge in [-0.25, -0.2) is 0 Å². The number of nitrogens with one attached hydrogen (secondary N) is 1. The molecule has 2 nitrogen and oxygen atoms in total. The monoisotopic (exact) mass is 329 g/mol. The van der Waals surface area contributed by atoms with Gasteiger partial charge in [0.2, 0.25) is 0 Å². The molecular weight excluding hydrogens is 310 g/mol. The van der Waals surface area contributed by atoms with Crippen LogP contribution >= 0.6 is 27.3 Å². The third-order valence-corrected chi connectivity index (χ3v) is 6.05. The van der Waals surface area contributed by atoms with Gasteiger partial charge in [0.1, 0.15) is 6.10 Å². The Bertz CT molecular complexity index is 412. The minimum Gasteiger partial charge on any atom is -0.364 e. The van der Waals surface area contributed by atoms with Crippen LogP contribution < -0.4 is 5.32 Å². The Morgan fingerprint density at radius 3 is 2.89 bits per heavy atom. The van der Waals surface area contributed by atoms with Gasteiger partial charge in [0.05, 0.1) is 5.60 Å². The maximum atomic E-state index is 6.49. The zero-order valence-electron chi connectivity index (χ0n) is 10.7. The number of hydrogen-bond acceptors (Lipinski definition) is 3. The molecule has 4 heteroatoms. The normalized spacial score (nSPS) is 37.0. The van der Waals surface area contributed by atoms with E-state index in [1.54, 1.807) is 11.3 Å². The van der Waals surface area contributed by atoms with Crippen LogP contribution in [0.2, 0.25) is 0 Å². The highest BCUT2D eigenvalue weighted by atomic mass is 79.9. The summed E-state index contributed by atoms with van der Waals surface area (Å²) in [6.45, 7) is 4.34. The van der Waals surface area contributed by atoms with Crippen LogP contribution in [0.15, 0.2) is 15.9 Å². The number of morpholine rings is 1. The summed E-state index contributed by atoms with van der Waals surface area (Å²) in [6, 6.07) is 2.20. The molecule has 100 valence electrons. The smallest absolute Gasteiger partial charge is 0.105 e. The van der Waals surface area contributed by atoms with E-state index in [2.05, 4.69) is 39.6 Å². The molecule has 3 rings (SSSR count). The van der Waals surface area contributed by atoms with Crippen molar-refractivity contribution in [3.05, 3.63) is 20.8 Å². The van der Waals surface area contributed by atoms with Gasteiger partial charge >= 0.3 is 0 Å². The standard InChI is InChI=1S/C14H20BrNOS/c1-10-2-4-14(5-3-10)9-16-7-12(17-14)13-6-11(15)8-18-13/h6,8,10,12,16H,2-5,7,9H2,1H3. The van der Waals surface area contributed by atoms with Gasteiger partial charge in [-0.2, -0.15) is 0 Å². The SMILES string of the molecule is CC1CCC2(CC1)CNCC(c1cc(Br)cs1)O2. The number of hydrogen-bond donors (Lipinski definition) is 1. The third kappa shape index (κ3) is 2.67. The molecule has 1 atom stereocenters. The van der Waals surface area contributed by atoms with Crippen molar-refractivity contribution in [1.29, 1.82) is 0 Å². The van der Waals surface area contributed by atoms with E-state index < -0.39 is 0 Å². The van der Waals surface area contributed by atoms with E-state index in [4.69, 9.17) is 4.74 Å². The zero-order chi connectivity index (χ0) is 12.6. The van der Waals surface area contributed by atoms with Crippen molar-refractivity contribution in [3.63, 3.8) is 0 Å². The first-order valence-electron chi connectivity index (χ1n) is 6.79. The van der Waals surface area contributed by atoms with Crippen molar-refractivity contribution >= 4 is 27.3 Å². The molecule has 1 aliphatic heterocycles. The molecular formula is C14H20BrNOS. The van der Waals surface area contributed by atoms with E-state index in [9.17, 15) is 0 Å². The van der Waals surface area contributed by atoms with Crippen LogP contribution in [0.3, 0.4) is 0 Å². The Hall–Kier alpha value is 0.1000. The summed E-state index contributed by atoms with van der Waals surface area (Å²) >= 11 is 5.32. The summed E-state index contributed by atoms with van der Waals surface area (Å²) < 4.78 is 7.66. The first-order chi connectivity index (χ1) is 8.67. The molecule has 0 bridgehead atoms. The first-order valence-corrected chi connectivity index (χ1v) is 8.47. The second kappa shape index (κ2) is 5.23. The van der Waals surface area contributed by atoms with Crippen LogP contribution in [0.4, 0.5) is 0 Å². The molecule has 1 N–H and O–H groups in total. The molecule has 2 fully saturated rings. The van der Waals surface area contributed by atoms with E-state index in [1.807, 2.05) is 0 Å². The predicted octanol–water partition coefficient (Wildman–Crippen LogP) is 4.12. The lowest BCUT2D eigenvalue weighted by Gasteiger charge is -2.45. The highest BCUT2D eigenvalue weighted by Crippen LogP contribution is 2.41. The molecule has 18 heavy (non-hydrogen) atoms. The van der Waals surface area contributed by atoms with Crippen LogP contribution in [-0.4, -0.2) is 18.7 Å². The molecule has 1 spiro atoms. The Morgan fingerprint density at radius 2 is 2.22 bits per heavy atom. The quantitative estimate of drug-likeness (QED) is 0.836. The fourth-order valence-corrected chi connectivity index (χ4v) is 4.53. The second-order valence-electron chi connectivity index (χ2n) is 5.77. The molecule has 0 aromatic carbocycles. The average molecular weight is 330 g/mol. The summed E-state index contributed by atoms with van der Waals surface area (Å²) in [5, 5.41) is 5.73. The maximum Gasteiger partial charge on any atom is 0.105 e. The fourth-order valence-electron chi connectivity index (χ4n) is 3.05. The molecule has 1 saturated carbocycles. The first kappa shape index (κ1) is 13.1. The molecule has 1 aromatic heterocycles. The Labute approximate surface area is 121 Å². The van der Waals surface area contributed by atoms with E-state index in [-0.39, 0.29) is 11.7 Å². The Morgan fingerprint density at radius 1 is 1.44 bits per heavy atom. The Kier molecular flexibility index (Phi) is 3.81. The maximum absolute atomic E-state index is 6.49. The van der Waals surface area contributed by atoms with Crippen molar-refractivity contribution in [2.45, 2.75) is 44.3 Å². The summed E-state index contributed by atoms with van der Waals surface area (Å²) in [4.78, 5) is 1.34. The van der Waals surface area contributed by atoms with Crippen molar-refractivity contribution in [3.8, 4) is 0 Å². The van der Waals surface area contributed by atoms with E-state index >= 15 is 0 Å². The third-order valence-electron chi connectivity index (χ3n) is 4.26. The summed E-state index contributed by atoms with van der Waals surface area (Å²) in [7, 11) is 0. The van der Waals surface area contributed by atoms with Gasteiger partial charge in [-0.15, -0.1) is 11.3 Å². The van der Waals surface area contributed by atoms with Crippen LogP contribution in [0.5, 0.6) is 0 Å². The van der Waals surface area contributed by atoms with Crippen molar-refractivity contribution in [1.82, 2.24) is 5.32 Å². The highest BCUT2D eigenvalue weighted by molar-refractivity contribution is 9.10. The van der Waals surface area contributed by atoms with Gasteiger partial charge in [-0.3, -0.25) is 0 Å². The van der Waals surface area contributed by atoms with Crippen molar-refractivity contribution in [2.24, 2.45) is 5.92 Å². The molecule has 1 aromatic rings. The molecule has 2 heterocycles. The summed E-state index contributed by atoms with van der Waals surface area (Å²) in [5.74, 6) is 0.871. The fraction of sp³-hybridized carbons (Fsp3) is 0.714. The minimum absolute atomic E-state index is 0.103. The minimum atomic E-state index is 0.103. The number of halogens is 1. The molecule has 0 radical (unpaired) electrons. The van der Waals surface area contributed by atoms with E-state index in [0.29, 0.717) is 0 Å². The van der Waals surface area contributed by atoms with Crippen LogP contribution in [-0.2, 0) is 4.74 Å². The molecule has 1 unspecified atom stereocenters. The lowest BCUT2D eigenvalue weighted by atomic mass is 9.78. The summed E-state index contributed by atoms with van der Waals surface area (Å²) in [6.07, 6.45) is 5.28. The van der Waals surface area contributed by atoms with Crippen LogP contribution in [0, 0.1) is 5.92 Å². The van der Waals surface area contributed by atoms with Crippen molar-refractivity contribution < 1.29 is 4.74 Å². The second-order valence-corrected chi connectivity index (χ2v) is 7.63. The van der Waals surface area contributed by atoms with Gasteiger partial charge in [0, 0.05) is 27.8 Å². The molecule has 1 saturated heterocycles. The molecule has 1 aliphatic carbocycles. The zero-order valence-corrected chi connectivity index (χ0v) is 13.1. The largest absolute Gasteiger partial charge is 0.364 e. The number of ether oxygens (including phenoxy) is 1. The highest BCUT2D eigenvalue weighted by Gasteiger charge is 2.40. The Balaban J connectivity index is 1.72. The van der Waals surface area contributed by atoms with Gasteiger partial charge in [0.25, 0.3) is 0 Å². The van der Waals surface area contributed by atoms with Gasteiger partial charge < -0.3 is 10.1 Å². The van der Waals surface area contributed by atoms with Gasteiger partial charge in [-0.05, 0) is 53.6 Å². The van der Waals surface area contributed by atoms with Gasteiger partial charge in [0.15, 0.2) is 0 Å². The number of rotatable bonds is 1. The van der Waals surface area contributed by atoms with Crippen LogP contribution in [0.25, 0.3) is 0 Å². The van der Waals surface area contributed by atoms with E-state index in [0.717, 1.165) is 19.0 Å². The molecule has 0 amide bonds. The topological polar surface area (TPSA) is 21.3 Å². The lowest BCUT2D eigenvalue weighted by Crippen LogP contribution is -2.52. The molecule has 2 aliphatic rings. The van der Waals surface area contributed by atoms with Crippen LogP contribution in [0.1, 0.15) is 43.6 Å². The average Bonchev–Trinajstić information content (AvgIpc) is 2.81. The predicted molar refractivity (Wildman–Crippen MR) is 79.1 cm³/mol. The van der Waals surface area contributed by atoms with Gasteiger partial charge in [-0.1, -0.05) is 6.92 Å². The number of thiophene rings is 1. The summed E-state index contributed by atoms with van der Waals surface area (Å²) in [5.41, 5.74) is 0.103. The lowest BCUT2D eigenvalue weighted by molar-refractivity contribution is -0.139.